The molecule has 0 spiro atoms. The Hall–Kier alpha value is -0.600. The molecule has 0 bridgehead atoms. The van der Waals surface area contributed by atoms with Crippen LogP contribution in [0.25, 0.3) is 0 Å². The molecule has 22 heavy (non-hydrogen) atoms. The zero-order valence-electron chi connectivity index (χ0n) is 14.4. The van der Waals surface area contributed by atoms with Gasteiger partial charge in [0.05, 0.1) is 6.10 Å². The lowest BCUT2D eigenvalue weighted by Crippen LogP contribution is -2.54. The Morgan fingerprint density at radius 3 is 2.68 bits per heavy atom. The van der Waals surface area contributed by atoms with E-state index >= 15 is 0 Å². The molecule has 0 unspecified atom stereocenters. The lowest BCUT2D eigenvalue weighted by atomic mass is 9.45. The van der Waals surface area contributed by atoms with Gasteiger partial charge in [0.25, 0.3) is 0 Å². The van der Waals surface area contributed by atoms with E-state index in [0.29, 0.717) is 18.4 Å². The van der Waals surface area contributed by atoms with Crippen LogP contribution in [0.15, 0.2) is 24.3 Å². The Balaban J connectivity index is 2.00. The Morgan fingerprint density at radius 2 is 2.05 bits per heavy atom. The minimum atomic E-state index is -0.336. The predicted molar refractivity (Wildman–Crippen MR) is 90.4 cm³/mol. The highest BCUT2D eigenvalue weighted by Crippen LogP contribution is 2.63. The Bertz CT molecular complexity index is 496. The van der Waals surface area contributed by atoms with Gasteiger partial charge in [0.15, 0.2) is 0 Å². The van der Waals surface area contributed by atoms with Gasteiger partial charge in [-0.25, -0.2) is 0 Å². The number of allylic oxidation sites excluding steroid dienone is 1. The van der Waals surface area contributed by atoms with Gasteiger partial charge >= 0.3 is 0 Å². The predicted octanol–water partition coefficient (Wildman–Crippen LogP) is 4.08. The van der Waals surface area contributed by atoms with Gasteiger partial charge in [0.2, 0.25) is 0 Å². The minimum Gasteiger partial charge on any atom is -0.396 e. The SMILES string of the molecule is C=C[C@]1(C)C=C2CC[C@H]3[C@](C)(CO)CCC[C@]3(C)[C@H]2C[C@@H]1O. The van der Waals surface area contributed by atoms with Crippen molar-refractivity contribution in [3.63, 3.8) is 0 Å². The van der Waals surface area contributed by atoms with E-state index in [4.69, 9.17) is 0 Å². The van der Waals surface area contributed by atoms with Gasteiger partial charge < -0.3 is 10.2 Å². The number of aliphatic hydroxyl groups is 2. The first-order chi connectivity index (χ1) is 10.3. The van der Waals surface area contributed by atoms with E-state index in [0.717, 1.165) is 19.3 Å². The topological polar surface area (TPSA) is 40.5 Å². The van der Waals surface area contributed by atoms with Crippen LogP contribution in [-0.4, -0.2) is 22.9 Å². The van der Waals surface area contributed by atoms with Gasteiger partial charge in [-0.1, -0.05) is 44.9 Å². The summed E-state index contributed by atoms with van der Waals surface area (Å²) in [5.41, 5.74) is 1.55. The van der Waals surface area contributed by atoms with Crippen molar-refractivity contribution < 1.29 is 10.2 Å². The molecule has 0 aliphatic heterocycles. The van der Waals surface area contributed by atoms with Crippen molar-refractivity contribution in [2.45, 2.75) is 65.4 Å². The van der Waals surface area contributed by atoms with Gasteiger partial charge in [-0.2, -0.15) is 0 Å². The summed E-state index contributed by atoms with van der Waals surface area (Å²) in [5.74, 6) is 1.04. The van der Waals surface area contributed by atoms with E-state index in [2.05, 4.69) is 33.4 Å². The summed E-state index contributed by atoms with van der Waals surface area (Å²) < 4.78 is 0. The van der Waals surface area contributed by atoms with E-state index < -0.39 is 0 Å². The van der Waals surface area contributed by atoms with E-state index in [9.17, 15) is 10.2 Å². The lowest BCUT2D eigenvalue weighted by molar-refractivity contribution is -0.100. The molecule has 0 heterocycles. The second kappa shape index (κ2) is 5.21. The molecular weight excluding hydrogens is 272 g/mol. The zero-order valence-corrected chi connectivity index (χ0v) is 14.4. The molecule has 2 heteroatoms. The Kier molecular flexibility index (Phi) is 3.85. The average molecular weight is 304 g/mol. The maximum Gasteiger partial charge on any atom is 0.0668 e. The first-order valence-corrected chi connectivity index (χ1v) is 8.93. The largest absolute Gasteiger partial charge is 0.396 e. The molecule has 0 aromatic carbocycles. The van der Waals surface area contributed by atoms with Crippen molar-refractivity contribution in [3.05, 3.63) is 24.3 Å². The van der Waals surface area contributed by atoms with Crippen LogP contribution in [0.5, 0.6) is 0 Å². The molecule has 0 saturated heterocycles. The highest BCUT2D eigenvalue weighted by atomic mass is 16.3. The van der Waals surface area contributed by atoms with Gasteiger partial charge in [-0.15, -0.1) is 6.58 Å². The highest BCUT2D eigenvalue weighted by molar-refractivity contribution is 5.28. The van der Waals surface area contributed by atoms with E-state index in [1.54, 1.807) is 0 Å². The molecule has 3 rings (SSSR count). The second-order valence-electron chi connectivity index (χ2n) is 8.86. The van der Waals surface area contributed by atoms with Gasteiger partial charge in [-0.05, 0) is 54.8 Å². The van der Waals surface area contributed by atoms with Crippen molar-refractivity contribution in [2.75, 3.05) is 6.61 Å². The second-order valence-corrected chi connectivity index (χ2v) is 8.86. The summed E-state index contributed by atoms with van der Waals surface area (Å²) >= 11 is 0. The smallest absolute Gasteiger partial charge is 0.0668 e. The molecule has 3 aliphatic carbocycles. The first-order valence-electron chi connectivity index (χ1n) is 8.93. The van der Waals surface area contributed by atoms with Crippen molar-refractivity contribution in [1.82, 2.24) is 0 Å². The van der Waals surface area contributed by atoms with Crippen molar-refractivity contribution >= 4 is 0 Å². The summed E-state index contributed by atoms with van der Waals surface area (Å²) in [6.07, 6.45) is 10.6. The zero-order chi connectivity index (χ0) is 16.2. The maximum absolute atomic E-state index is 10.7. The van der Waals surface area contributed by atoms with Crippen LogP contribution < -0.4 is 0 Å². The van der Waals surface area contributed by atoms with Crippen LogP contribution in [0, 0.1) is 28.1 Å². The first kappa shape index (κ1) is 16.3. The summed E-state index contributed by atoms with van der Waals surface area (Å²) in [6, 6.07) is 0. The van der Waals surface area contributed by atoms with Crippen LogP contribution in [0.3, 0.4) is 0 Å². The molecule has 0 aromatic heterocycles. The maximum atomic E-state index is 10.7. The fourth-order valence-electron chi connectivity index (χ4n) is 5.97. The minimum absolute atomic E-state index is 0.0582. The number of hydrogen-bond acceptors (Lipinski definition) is 2. The van der Waals surface area contributed by atoms with E-state index in [1.165, 1.54) is 24.8 Å². The van der Waals surface area contributed by atoms with Crippen molar-refractivity contribution in [3.8, 4) is 0 Å². The monoisotopic (exact) mass is 304 g/mol. The van der Waals surface area contributed by atoms with Crippen LogP contribution in [0.2, 0.25) is 0 Å². The van der Waals surface area contributed by atoms with Crippen LogP contribution in [0.1, 0.15) is 59.3 Å². The third kappa shape index (κ3) is 2.14. The van der Waals surface area contributed by atoms with Gasteiger partial charge in [0, 0.05) is 12.0 Å². The summed E-state index contributed by atoms with van der Waals surface area (Å²) in [6.45, 7) is 11.0. The third-order valence-corrected chi connectivity index (χ3v) is 7.54. The number of aliphatic hydroxyl groups excluding tert-OH is 2. The summed E-state index contributed by atoms with van der Waals surface area (Å²) in [4.78, 5) is 0. The number of fused-ring (bicyclic) bond motifs is 3. The fraction of sp³-hybridized carbons (Fsp3) is 0.800. The van der Waals surface area contributed by atoms with Crippen LogP contribution in [-0.2, 0) is 0 Å². The standard InChI is InChI=1S/C20H32O2/c1-5-18(2)12-14-7-8-16-19(3,13-21)9-6-10-20(16,4)15(14)11-17(18)22/h5,12,15-17,21-22H,1,6-11,13H2,2-4H3/t15-,16-,17-,18+,19-,20+/m0/s1. The molecule has 6 atom stereocenters. The third-order valence-electron chi connectivity index (χ3n) is 7.54. The van der Waals surface area contributed by atoms with E-state index in [-0.39, 0.29) is 22.3 Å². The fourth-order valence-corrected chi connectivity index (χ4v) is 5.97. The lowest BCUT2D eigenvalue weighted by Gasteiger charge is -2.60. The summed E-state index contributed by atoms with van der Waals surface area (Å²) in [7, 11) is 0. The van der Waals surface area contributed by atoms with Crippen molar-refractivity contribution in [1.29, 1.82) is 0 Å². The molecule has 2 saturated carbocycles. The molecule has 2 fully saturated rings. The highest BCUT2D eigenvalue weighted by Gasteiger charge is 2.56. The number of rotatable bonds is 2. The Labute approximate surface area is 135 Å². The molecule has 0 radical (unpaired) electrons. The summed E-state index contributed by atoms with van der Waals surface area (Å²) in [5, 5.41) is 20.7. The molecule has 124 valence electrons. The van der Waals surface area contributed by atoms with Crippen molar-refractivity contribution in [2.24, 2.45) is 28.1 Å². The van der Waals surface area contributed by atoms with Gasteiger partial charge in [-0.3, -0.25) is 0 Å². The van der Waals surface area contributed by atoms with Crippen LogP contribution >= 0.6 is 0 Å². The molecule has 0 amide bonds. The molecule has 0 aromatic rings. The average Bonchev–Trinajstić information content (AvgIpc) is 2.49. The molecular formula is C20H32O2. The van der Waals surface area contributed by atoms with Crippen LogP contribution in [0.4, 0.5) is 0 Å². The number of hydrogen-bond donors (Lipinski definition) is 2. The molecule has 3 aliphatic rings. The molecule has 2 N–H and O–H groups in total. The molecule has 2 nitrogen and oxygen atoms in total. The normalized spacial score (nSPS) is 51.5. The van der Waals surface area contributed by atoms with Gasteiger partial charge in [0.1, 0.15) is 0 Å². The van der Waals surface area contributed by atoms with E-state index in [1.807, 2.05) is 6.08 Å². The quantitative estimate of drug-likeness (QED) is 0.755. The Morgan fingerprint density at radius 1 is 1.32 bits per heavy atom.